The van der Waals surface area contributed by atoms with Crippen LogP contribution in [0.5, 0.6) is 11.5 Å². The fourth-order valence-corrected chi connectivity index (χ4v) is 5.32. The maximum atomic E-state index is 14.3. The lowest BCUT2D eigenvalue weighted by Gasteiger charge is -2.37. The van der Waals surface area contributed by atoms with Crippen molar-refractivity contribution in [3.05, 3.63) is 129 Å². The summed E-state index contributed by atoms with van der Waals surface area (Å²) >= 11 is 12.2. The summed E-state index contributed by atoms with van der Waals surface area (Å²) in [5, 5.41) is 11.4. The largest absolute Gasteiger partial charge is 0.493 e. The van der Waals surface area contributed by atoms with Crippen LogP contribution in [-0.2, 0) is 29.2 Å². The molecule has 0 radical (unpaired) electrons. The normalized spacial score (nSPS) is 14.5. The Morgan fingerprint density at radius 1 is 0.900 bits per heavy atom. The van der Waals surface area contributed by atoms with E-state index in [0.29, 0.717) is 39.3 Å². The van der Waals surface area contributed by atoms with Crippen LogP contribution in [0, 0.1) is 0 Å². The number of methoxy groups -OCH3 is 1. The first-order chi connectivity index (χ1) is 19.4. The van der Waals surface area contributed by atoms with Gasteiger partial charge in [0.05, 0.1) is 13.0 Å². The molecule has 1 N–H and O–H groups in total. The van der Waals surface area contributed by atoms with E-state index in [1.54, 1.807) is 61.7 Å². The molecule has 0 unspecified atom stereocenters. The second-order valence-corrected chi connectivity index (χ2v) is 10.4. The number of ether oxygens (including phenoxy) is 2. The van der Waals surface area contributed by atoms with Crippen molar-refractivity contribution in [1.82, 2.24) is 4.90 Å². The van der Waals surface area contributed by atoms with Crippen LogP contribution in [0.1, 0.15) is 33.7 Å². The minimum Gasteiger partial charge on any atom is -0.493 e. The monoisotopic (exact) mass is 575 g/mol. The average Bonchev–Trinajstić information content (AvgIpc) is 2.97. The highest BCUT2D eigenvalue weighted by Gasteiger charge is 2.40. The van der Waals surface area contributed by atoms with E-state index in [2.05, 4.69) is 0 Å². The third-order valence-electron chi connectivity index (χ3n) is 7.10. The van der Waals surface area contributed by atoms with E-state index in [1.807, 2.05) is 36.4 Å². The quantitative estimate of drug-likeness (QED) is 0.251. The Balaban J connectivity index is 1.53. The number of carboxylic acid groups (broad SMARTS) is 1. The molecule has 1 amide bonds. The summed E-state index contributed by atoms with van der Waals surface area (Å²) in [5.41, 5.74) is 3.90. The van der Waals surface area contributed by atoms with Gasteiger partial charge in [0.1, 0.15) is 12.6 Å². The molecule has 8 heteroatoms. The van der Waals surface area contributed by atoms with Crippen LogP contribution >= 0.6 is 23.2 Å². The molecule has 4 aromatic rings. The van der Waals surface area contributed by atoms with Gasteiger partial charge >= 0.3 is 5.97 Å². The predicted octanol–water partition coefficient (Wildman–Crippen LogP) is 6.75. The van der Waals surface area contributed by atoms with Crippen molar-refractivity contribution in [2.24, 2.45) is 0 Å². The van der Waals surface area contributed by atoms with E-state index < -0.39 is 17.9 Å². The second-order valence-electron chi connectivity index (χ2n) is 9.57. The summed E-state index contributed by atoms with van der Waals surface area (Å²) in [6.45, 7) is 0.401. The number of hydrogen-bond donors (Lipinski definition) is 1. The van der Waals surface area contributed by atoms with Gasteiger partial charge in [0.2, 0.25) is 5.91 Å². The van der Waals surface area contributed by atoms with E-state index in [1.165, 1.54) is 4.90 Å². The lowest BCUT2D eigenvalue weighted by Crippen LogP contribution is -2.50. The molecule has 4 aromatic carbocycles. The van der Waals surface area contributed by atoms with Crippen molar-refractivity contribution in [3.8, 4) is 11.5 Å². The zero-order chi connectivity index (χ0) is 28.2. The van der Waals surface area contributed by atoms with Crippen molar-refractivity contribution in [2.45, 2.75) is 31.5 Å². The number of carbonyl (C=O) groups excluding carboxylic acids is 1. The molecule has 0 aliphatic carbocycles. The zero-order valence-corrected chi connectivity index (χ0v) is 23.2. The molecule has 0 fully saturated rings. The van der Waals surface area contributed by atoms with Gasteiger partial charge in [-0.2, -0.15) is 0 Å². The van der Waals surface area contributed by atoms with E-state index in [4.69, 9.17) is 32.7 Å². The van der Waals surface area contributed by atoms with E-state index in [-0.39, 0.29) is 18.9 Å². The molecule has 1 atom stereocenters. The third-order valence-corrected chi connectivity index (χ3v) is 7.61. The number of carboxylic acids is 1. The van der Waals surface area contributed by atoms with Crippen LogP contribution in [0.3, 0.4) is 0 Å². The van der Waals surface area contributed by atoms with Crippen molar-refractivity contribution >= 4 is 35.1 Å². The molecule has 1 aliphatic rings. The minimum atomic E-state index is -1.10. The Morgan fingerprint density at radius 2 is 1.50 bits per heavy atom. The Labute approximate surface area is 242 Å². The lowest BCUT2D eigenvalue weighted by molar-refractivity contribution is -0.151. The number of aliphatic carboxylic acids is 1. The first-order valence-electron chi connectivity index (χ1n) is 12.8. The Morgan fingerprint density at radius 3 is 2.05 bits per heavy atom. The topological polar surface area (TPSA) is 76.1 Å². The van der Waals surface area contributed by atoms with E-state index in [9.17, 15) is 14.7 Å². The molecule has 0 saturated carbocycles. The van der Waals surface area contributed by atoms with Gasteiger partial charge in [-0.3, -0.25) is 4.79 Å². The molecule has 6 nitrogen and oxygen atoms in total. The Hall–Kier alpha value is -4.00. The SMILES string of the molecule is COc1ccc2c(c1OCc1ccccc1)C[C@@H](C(=O)O)N(C(=O)C(c1ccc(Cl)cc1)c1ccc(Cl)cc1)C2. The summed E-state index contributed by atoms with van der Waals surface area (Å²) in [6, 6.07) is 26.3. The van der Waals surface area contributed by atoms with Gasteiger partial charge < -0.3 is 19.5 Å². The molecule has 0 spiro atoms. The summed E-state index contributed by atoms with van der Waals surface area (Å²) in [5.74, 6) is -1.16. The molecule has 0 saturated heterocycles. The molecule has 0 aromatic heterocycles. The number of nitrogens with zero attached hydrogens (tertiary/aromatic N) is 1. The van der Waals surface area contributed by atoms with Crippen LogP contribution in [0.4, 0.5) is 0 Å². The van der Waals surface area contributed by atoms with Crippen molar-refractivity contribution in [2.75, 3.05) is 7.11 Å². The number of hydrogen-bond acceptors (Lipinski definition) is 4. The minimum absolute atomic E-state index is 0.0751. The summed E-state index contributed by atoms with van der Waals surface area (Å²) in [4.78, 5) is 28.3. The number of benzene rings is 4. The van der Waals surface area contributed by atoms with Gasteiger partial charge in [-0.25, -0.2) is 4.79 Å². The van der Waals surface area contributed by atoms with Gasteiger partial charge in [-0.1, -0.05) is 83.9 Å². The summed E-state index contributed by atoms with van der Waals surface area (Å²) in [6.07, 6.45) is 0.0751. The van der Waals surface area contributed by atoms with Crippen LogP contribution in [0.15, 0.2) is 91.0 Å². The van der Waals surface area contributed by atoms with Crippen molar-refractivity contribution < 1.29 is 24.2 Å². The molecule has 5 rings (SSSR count). The highest BCUT2D eigenvalue weighted by atomic mass is 35.5. The molecular formula is C32H27Cl2NO5. The summed E-state index contributed by atoms with van der Waals surface area (Å²) < 4.78 is 11.8. The predicted molar refractivity (Wildman–Crippen MR) is 154 cm³/mol. The summed E-state index contributed by atoms with van der Waals surface area (Å²) in [7, 11) is 1.55. The van der Waals surface area contributed by atoms with E-state index in [0.717, 1.165) is 16.7 Å². The molecule has 204 valence electrons. The number of fused-ring (bicyclic) bond motifs is 1. The van der Waals surface area contributed by atoms with Crippen LogP contribution in [0.25, 0.3) is 0 Å². The second kappa shape index (κ2) is 12.0. The molecule has 1 heterocycles. The van der Waals surface area contributed by atoms with Gasteiger partial charge in [0.25, 0.3) is 0 Å². The highest BCUT2D eigenvalue weighted by molar-refractivity contribution is 6.30. The lowest BCUT2D eigenvalue weighted by atomic mass is 9.86. The van der Waals surface area contributed by atoms with Crippen LogP contribution < -0.4 is 9.47 Å². The zero-order valence-electron chi connectivity index (χ0n) is 21.7. The smallest absolute Gasteiger partial charge is 0.326 e. The standard InChI is InChI=1S/C32H27Cl2NO5/c1-39-28-16-11-23-18-35(27(32(37)38)17-26(23)30(28)40-19-20-5-3-2-4-6-20)31(36)29(21-7-12-24(33)13-8-21)22-9-14-25(34)15-10-22/h2-16,27,29H,17-19H2,1H3,(H,37,38)/t27-/m0/s1. The van der Waals surface area contributed by atoms with Crippen LogP contribution in [-0.4, -0.2) is 35.0 Å². The average molecular weight is 576 g/mol. The molecule has 1 aliphatic heterocycles. The number of amides is 1. The Kier molecular flexibility index (Phi) is 8.29. The first kappa shape index (κ1) is 27.6. The maximum absolute atomic E-state index is 14.3. The molecule has 0 bridgehead atoms. The fraction of sp³-hybridized carbons (Fsp3) is 0.188. The third kappa shape index (κ3) is 5.79. The Bertz CT molecular complexity index is 1460. The molecule has 40 heavy (non-hydrogen) atoms. The van der Waals surface area contributed by atoms with Gasteiger partial charge in [-0.05, 0) is 52.6 Å². The highest BCUT2D eigenvalue weighted by Crippen LogP contribution is 2.40. The van der Waals surface area contributed by atoms with Crippen molar-refractivity contribution in [3.63, 3.8) is 0 Å². The van der Waals surface area contributed by atoms with E-state index >= 15 is 0 Å². The number of carbonyl (C=O) groups is 2. The van der Waals surface area contributed by atoms with Crippen molar-refractivity contribution in [1.29, 1.82) is 0 Å². The number of rotatable bonds is 8. The first-order valence-corrected chi connectivity index (χ1v) is 13.5. The molecular weight excluding hydrogens is 549 g/mol. The van der Waals surface area contributed by atoms with Gasteiger partial charge in [0, 0.05) is 28.6 Å². The fourth-order valence-electron chi connectivity index (χ4n) is 5.07. The maximum Gasteiger partial charge on any atom is 0.326 e. The number of halogens is 2. The van der Waals surface area contributed by atoms with Gasteiger partial charge in [-0.15, -0.1) is 0 Å². The van der Waals surface area contributed by atoms with Crippen LogP contribution in [0.2, 0.25) is 10.0 Å². The van der Waals surface area contributed by atoms with Gasteiger partial charge in [0.15, 0.2) is 11.5 Å².